The molecule has 1 amide bonds. The number of aromatic nitrogens is 2. The summed E-state index contributed by atoms with van der Waals surface area (Å²) in [5.74, 6) is -2.10. The van der Waals surface area contributed by atoms with Gasteiger partial charge in [0, 0.05) is 17.7 Å². The van der Waals surface area contributed by atoms with E-state index in [0.29, 0.717) is 5.69 Å². The molecular weight excluding hydrogens is 352 g/mol. The molecule has 2 aromatic carbocycles. The molecule has 1 atom stereocenters. The molecule has 0 bridgehead atoms. The van der Waals surface area contributed by atoms with Gasteiger partial charge in [0.15, 0.2) is 0 Å². The Bertz CT molecular complexity index is 1020. The second-order valence-electron chi connectivity index (χ2n) is 5.90. The first kappa shape index (κ1) is 18.4. The van der Waals surface area contributed by atoms with Crippen molar-refractivity contribution in [3.05, 3.63) is 82.7 Å². The zero-order valence-corrected chi connectivity index (χ0v) is 14.5. The molecule has 27 heavy (non-hydrogen) atoms. The molecule has 3 rings (SSSR count). The van der Waals surface area contributed by atoms with Crippen LogP contribution in [-0.4, -0.2) is 15.7 Å². The van der Waals surface area contributed by atoms with Gasteiger partial charge in [-0.1, -0.05) is 37.3 Å². The minimum Gasteiger partial charge on any atom is -0.322 e. The molecule has 5 nitrogen and oxygen atoms in total. The van der Waals surface area contributed by atoms with Crippen molar-refractivity contribution in [1.82, 2.24) is 9.78 Å². The van der Waals surface area contributed by atoms with E-state index >= 15 is 0 Å². The van der Waals surface area contributed by atoms with Gasteiger partial charge in [0.2, 0.25) is 5.91 Å². The van der Waals surface area contributed by atoms with Crippen molar-refractivity contribution in [2.24, 2.45) is 0 Å². The lowest BCUT2D eigenvalue weighted by Gasteiger charge is -2.17. The van der Waals surface area contributed by atoms with Crippen molar-refractivity contribution in [1.29, 1.82) is 0 Å². The third-order valence-corrected chi connectivity index (χ3v) is 4.07. The molecule has 1 aromatic heterocycles. The van der Waals surface area contributed by atoms with Crippen LogP contribution >= 0.6 is 0 Å². The van der Waals surface area contributed by atoms with Crippen molar-refractivity contribution in [2.75, 3.05) is 5.32 Å². The fraction of sp³-hybridized carbons (Fsp3) is 0.150. The lowest BCUT2D eigenvalue weighted by molar-refractivity contribution is -0.119. The van der Waals surface area contributed by atoms with Crippen LogP contribution in [0.2, 0.25) is 0 Å². The summed E-state index contributed by atoms with van der Waals surface area (Å²) in [6.07, 6.45) is 0.244. The number of nitrogens with zero attached hydrogens (tertiary/aromatic N) is 2. The maximum Gasteiger partial charge on any atom is 0.267 e. The van der Waals surface area contributed by atoms with E-state index in [4.69, 9.17) is 0 Å². The van der Waals surface area contributed by atoms with Gasteiger partial charge in [0.05, 0.1) is 11.4 Å². The average molecular weight is 369 g/mol. The second kappa shape index (κ2) is 7.90. The largest absolute Gasteiger partial charge is 0.322 e. The number of amides is 1. The molecular formula is C20H17F2N3O2. The number of hydrogen-bond donors (Lipinski definition) is 1. The summed E-state index contributed by atoms with van der Waals surface area (Å²) in [7, 11) is 0. The molecule has 0 aliphatic heterocycles. The summed E-state index contributed by atoms with van der Waals surface area (Å²) < 4.78 is 28.2. The van der Waals surface area contributed by atoms with Crippen molar-refractivity contribution >= 4 is 11.6 Å². The van der Waals surface area contributed by atoms with E-state index in [1.165, 1.54) is 6.07 Å². The molecule has 0 aliphatic carbocycles. The van der Waals surface area contributed by atoms with Crippen LogP contribution in [0.4, 0.5) is 14.5 Å². The van der Waals surface area contributed by atoms with Crippen LogP contribution in [0, 0.1) is 11.6 Å². The Morgan fingerprint density at radius 3 is 2.56 bits per heavy atom. The third kappa shape index (κ3) is 4.08. The van der Waals surface area contributed by atoms with Crippen LogP contribution in [-0.2, 0) is 4.79 Å². The maximum absolute atomic E-state index is 13.8. The van der Waals surface area contributed by atoms with E-state index < -0.39 is 29.1 Å². The Morgan fingerprint density at radius 1 is 1.11 bits per heavy atom. The first-order valence-corrected chi connectivity index (χ1v) is 8.41. The average Bonchev–Trinajstić information content (AvgIpc) is 2.67. The Hall–Kier alpha value is -3.35. The van der Waals surface area contributed by atoms with Crippen LogP contribution in [0.15, 0.2) is 65.5 Å². The van der Waals surface area contributed by atoms with Crippen molar-refractivity contribution in [3.63, 3.8) is 0 Å². The van der Waals surface area contributed by atoms with Crippen molar-refractivity contribution in [2.45, 2.75) is 19.4 Å². The Balaban J connectivity index is 1.94. The van der Waals surface area contributed by atoms with E-state index in [2.05, 4.69) is 10.4 Å². The van der Waals surface area contributed by atoms with Crippen molar-refractivity contribution in [3.8, 4) is 11.3 Å². The van der Waals surface area contributed by atoms with Gasteiger partial charge in [-0.25, -0.2) is 13.5 Å². The summed E-state index contributed by atoms with van der Waals surface area (Å²) in [4.78, 5) is 24.9. The molecule has 1 unspecified atom stereocenters. The predicted molar refractivity (Wildman–Crippen MR) is 98.2 cm³/mol. The number of nitrogens with one attached hydrogen (secondary N) is 1. The minimum atomic E-state index is -0.969. The second-order valence-corrected chi connectivity index (χ2v) is 5.90. The topological polar surface area (TPSA) is 64.0 Å². The van der Waals surface area contributed by atoms with Gasteiger partial charge in [-0.15, -0.1) is 0 Å². The van der Waals surface area contributed by atoms with E-state index in [9.17, 15) is 18.4 Å². The van der Waals surface area contributed by atoms with E-state index in [0.717, 1.165) is 28.4 Å². The lowest BCUT2D eigenvalue weighted by Crippen LogP contribution is -2.34. The normalized spacial score (nSPS) is 11.8. The summed E-state index contributed by atoms with van der Waals surface area (Å²) >= 11 is 0. The maximum atomic E-state index is 13.8. The highest BCUT2D eigenvalue weighted by Crippen LogP contribution is 2.20. The van der Waals surface area contributed by atoms with Gasteiger partial charge in [-0.3, -0.25) is 9.59 Å². The number of halogens is 2. The summed E-state index contributed by atoms with van der Waals surface area (Å²) in [5, 5.41) is 6.63. The fourth-order valence-electron chi connectivity index (χ4n) is 2.69. The first-order valence-electron chi connectivity index (χ1n) is 8.41. The van der Waals surface area contributed by atoms with Gasteiger partial charge >= 0.3 is 0 Å². The first-order chi connectivity index (χ1) is 13.0. The lowest BCUT2D eigenvalue weighted by atomic mass is 10.1. The zero-order valence-electron chi connectivity index (χ0n) is 14.5. The number of carbonyl (C=O) groups excluding carboxylic acids is 1. The molecule has 3 aromatic rings. The molecule has 7 heteroatoms. The number of rotatable bonds is 5. The highest BCUT2D eigenvalue weighted by molar-refractivity contribution is 5.93. The molecule has 0 spiro atoms. The van der Waals surface area contributed by atoms with Gasteiger partial charge in [-0.05, 0) is 24.6 Å². The molecule has 0 radical (unpaired) electrons. The molecule has 1 N–H and O–H groups in total. The van der Waals surface area contributed by atoms with Crippen LogP contribution in [0.1, 0.15) is 19.4 Å². The van der Waals surface area contributed by atoms with Crippen molar-refractivity contribution < 1.29 is 13.6 Å². The Kier molecular flexibility index (Phi) is 5.40. The molecule has 1 heterocycles. The van der Waals surface area contributed by atoms with Gasteiger partial charge < -0.3 is 5.32 Å². The summed E-state index contributed by atoms with van der Waals surface area (Å²) in [5.41, 5.74) is 0.568. The SMILES string of the molecule is CCC(C(=O)Nc1cc(F)ccc1F)n1nc(-c2ccccc2)ccc1=O. The fourth-order valence-corrected chi connectivity index (χ4v) is 2.69. The molecule has 0 aliphatic rings. The number of anilines is 1. The summed E-state index contributed by atoms with van der Waals surface area (Å²) in [6, 6.07) is 13.9. The summed E-state index contributed by atoms with van der Waals surface area (Å²) in [6.45, 7) is 1.70. The van der Waals surface area contributed by atoms with Crippen LogP contribution in [0.25, 0.3) is 11.3 Å². The zero-order chi connectivity index (χ0) is 19.4. The molecule has 138 valence electrons. The highest BCUT2D eigenvalue weighted by Gasteiger charge is 2.22. The number of carbonyl (C=O) groups is 1. The van der Waals surface area contributed by atoms with Gasteiger partial charge in [0.25, 0.3) is 5.56 Å². The smallest absolute Gasteiger partial charge is 0.267 e. The van der Waals surface area contributed by atoms with Crippen LogP contribution in [0.3, 0.4) is 0 Å². The monoisotopic (exact) mass is 369 g/mol. The highest BCUT2D eigenvalue weighted by atomic mass is 19.1. The number of hydrogen-bond acceptors (Lipinski definition) is 3. The number of benzene rings is 2. The Labute approximate surface area is 154 Å². The molecule has 0 fully saturated rings. The minimum absolute atomic E-state index is 0.244. The molecule has 0 saturated carbocycles. The van der Waals surface area contributed by atoms with E-state index in [-0.39, 0.29) is 12.1 Å². The van der Waals surface area contributed by atoms with Gasteiger partial charge in [0.1, 0.15) is 17.7 Å². The van der Waals surface area contributed by atoms with E-state index in [1.807, 2.05) is 30.3 Å². The molecule has 0 saturated heterocycles. The van der Waals surface area contributed by atoms with Gasteiger partial charge in [-0.2, -0.15) is 5.10 Å². The quantitative estimate of drug-likeness (QED) is 0.744. The van der Waals surface area contributed by atoms with Crippen LogP contribution in [0.5, 0.6) is 0 Å². The van der Waals surface area contributed by atoms with Crippen LogP contribution < -0.4 is 10.9 Å². The predicted octanol–water partition coefficient (Wildman–Crippen LogP) is 3.78. The standard InChI is InChI=1S/C20H17F2N3O2/c1-2-18(20(27)23-17-12-14(21)8-9-15(17)22)25-19(26)11-10-16(24-25)13-6-4-3-5-7-13/h3-12,18H,2H2,1H3,(H,23,27). The Morgan fingerprint density at radius 2 is 1.85 bits per heavy atom. The van der Waals surface area contributed by atoms with E-state index in [1.54, 1.807) is 13.0 Å². The third-order valence-electron chi connectivity index (χ3n) is 4.07.